The second-order valence-electron chi connectivity index (χ2n) is 5.52. The highest BCUT2D eigenvalue weighted by Crippen LogP contribution is 2.08. The molecule has 0 aliphatic carbocycles. The van der Waals surface area contributed by atoms with Crippen LogP contribution in [0.3, 0.4) is 0 Å². The van der Waals surface area contributed by atoms with Gasteiger partial charge in [0, 0.05) is 25.6 Å². The molecular weight excluding hydrogens is 243 g/mol. The minimum atomic E-state index is -0.417. The van der Waals surface area contributed by atoms with Crippen molar-refractivity contribution < 1.29 is 9.18 Å². The van der Waals surface area contributed by atoms with Crippen molar-refractivity contribution in [1.29, 1.82) is 0 Å². The van der Waals surface area contributed by atoms with Gasteiger partial charge in [-0.25, -0.2) is 4.39 Å². The van der Waals surface area contributed by atoms with E-state index in [1.54, 1.807) is 0 Å². The van der Waals surface area contributed by atoms with Gasteiger partial charge in [0.25, 0.3) is 0 Å². The van der Waals surface area contributed by atoms with Gasteiger partial charge >= 0.3 is 0 Å². The molecular formula is C15H23FN2O. The standard InChI is InChI=1S/C15H23FN2O/c1-11(2)10-18(12(3)4)8-7-15(19)14-6-5-13(16)9-17-14/h5-6,9,11-12H,7-8,10H2,1-4H3. The summed E-state index contributed by atoms with van der Waals surface area (Å²) in [6.45, 7) is 10.3. The molecule has 1 aromatic rings. The van der Waals surface area contributed by atoms with Gasteiger partial charge in [-0.05, 0) is 31.9 Å². The van der Waals surface area contributed by atoms with E-state index in [4.69, 9.17) is 0 Å². The van der Waals surface area contributed by atoms with Crippen LogP contribution in [0.25, 0.3) is 0 Å². The maximum atomic E-state index is 12.7. The summed E-state index contributed by atoms with van der Waals surface area (Å²) < 4.78 is 12.7. The lowest BCUT2D eigenvalue weighted by Gasteiger charge is -2.27. The Morgan fingerprint density at radius 1 is 1.32 bits per heavy atom. The summed E-state index contributed by atoms with van der Waals surface area (Å²) in [6.07, 6.45) is 1.51. The Labute approximate surface area is 114 Å². The largest absolute Gasteiger partial charge is 0.300 e. The lowest BCUT2D eigenvalue weighted by atomic mass is 10.1. The Morgan fingerprint density at radius 2 is 2.00 bits per heavy atom. The number of halogens is 1. The van der Waals surface area contributed by atoms with Gasteiger partial charge < -0.3 is 4.90 Å². The van der Waals surface area contributed by atoms with E-state index in [0.717, 1.165) is 12.7 Å². The fourth-order valence-electron chi connectivity index (χ4n) is 1.94. The Balaban J connectivity index is 2.54. The van der Waals surface area contributed by atoms with Crippen molar-refractivity contribution in [2.24, 2.45) is 5.92 Å². The van der Waals surface area contributed by atoms with Crippen LogP contribution in [0, 0.1) is 11.7 Å². The number of hydrogen-bond donors (Lipinski definition) is 0. The highest BCUT2D eigenvalue weighted by molar-refractivity contribution is 5.94. The van der Waals surface area contributed by atoms with Crippen LogP contribution in [-0.4, -0.2) is 34.8 Å². The third kappa shape index (κ3) is 5.47. The maximum absolute atomic E-state index is 12.7. The molecule has 0 saturated carbocycles. The van der Waals surface area contributed by atoms with E-state index in [1.807, 2.05) is 0 Å². The minimum Gasteiger partial charge on any atom is -0.300 e. The maximum Gasteiger partial charge on any atom is 0.182 e. The SMILES string of the molecule is CC(C)CN(CCC(=O)c1ccc(F)cn1)C(C)C. The molecule has 19 heavy (non-hydrogen) atoms. The zero-order chi connectivity index (χ0) is 14.4. The minimum absolute atomic E-state index is 0.0330. The van der Waals surface area contributed by atoms with Gasteiger partial charge in [-0.1, -0.05) is 13.8 Å². The van der Waals surface area contributed by atoms with Crippen molar-refractivity contribution >= 4 is 5.78 Å². The topological polar surface area (TPSA) is 33.2 Å². The Bertz CT molecular complexity index is 401. The van der Waals surface area contributed by atoms with Crippen molar-refractivity contribution in [3.8, 4) is 0 Å². The lowest BCUT2D eigenvalue weighted by Crippen LogP contribution is -2.35. The van der Waals surface area contributed by atoms with E-state index in [9.17, 15) is 9.18 Å². The molecule has 0 aliphatic heterocycles. The number of aromatic nitrogens is 1. The third-order valence-electron chi connectivity index (χ3n) is 2.97. The van der Waals surface area contributed by atoms with Crippen molar-refractivity contribution in [3.05, 3.63) is 29.8 Å². The van der Waals surface area contributed by atoms with Gasteiger partial charge in [0.1, 0.15) is 11.5 Å². The van der Waals surface area contributed by atoms with Gasteiger partial charge in [0.15, 0.2) is 5.78 Å². The summed E-state index contributed by atoms with van der Waals surface area (Å²) in [5.41, 5.74) is 0.342. The van der Waals surface area contributed by atoms with E-state index < -0.39 is 5.82 Å². The summed E-state index contributed by atoms with van der Waals surface area (Å²) in [5.74, 6) is 0.121. The fraction of sp³-hybridized carbons (Fsp3) is 0.600. The number of rotatable bonds is 7. The zero-order valence-electron chi connectivity index (χ0n) is 12.2. The van der Waals surface area contributed by atoms with Crippen LogP contribution in [0.2, 0.25) is 0 Å². The van der Waals surface area contributed by atoms with E-state index in [0.29, 0.717) is 30.6 Å². The van der Waals surface area contributed by atoms with Gasteiger partial charge in [-0.15, -0.1) is 0 Å². The average Bonchev–Trinajstić information content (AvgIpc) is 2.34. The first kappa shape index (κ1) is 15.8. The number of carbonyl (C=O) groups excluding carboxylic acids is 1. The predicted molar refractivity (Wildman–Crippen MR) is 74.7 cm³/mol. The number of ketones is 1. The van der Waals surface area contributed by atoms with Crippen LogP contribution in [-0.2, 0) is 0 Å². The number of carbonyl (C=O) groups is 1. The molecule has 0 fully saturated rings. The Hall–Kier alpha value is -1.29. The van der Waals surface area contributed by atoms with E-state index in [2.05, 4.69) is 37.6 Å². The smallest absolute Gasteiger partial charge is 0.182 e. The third-order valence-corrected chi connectivity index (χ3v) is 2.97. The number of hydrogen-bond acceptors (Lipinski definition) is 3. The molecule has 4 heteroatoms. The normalized spacial score (nSPS) is 11.6. The summed E-state index contributed by atoms with van der Waals surface area (Å²) in [6, 6.07) is 3.13. The van der Waals surface area contributed by atoms with Gasteiger partial charge in [0.2, 0.25) is 0 Å². The molecule has 0 atom stereocenters. The predicted octanol–water partition coefficient (Wildman–Crippen LogP) is 3.16. The second kappa shape index (κ2) is 7.34. The Morgan fingerprint density at radius 3 is 2.47 bits per heavy atom. The quantitative estimate of drug-likeness (QED) is 0.711. The molecule has 0 amide bonds. The van der Waals surface area contributed by atoms with Crippen molar-refractivity contribution in [1.82, 2.24) is 9.88 Å². The molecule has 106 valence electrons. The van der Waals surface area contributed by atoms with E-state index in [-0.39, 0.29) is 5.78 Å². The van der Waals surface area contributed by atoms with Crippen LogP contribution < -0.4 is 0 Å². The fourth-order valence-corrected chi connectivity index (χ4v) is 1.94. The molecule has 0 unspecified atom stereocenters. The molecule has 0 N–H and O–H groups in total. The summed E-state index contributed by atoms with van der Waals surface area (Å²) in [5, 5.41) is 0. The number of nitrogens with zero attached hydrogens (tertiary/aromatic N) is 2. The first-order valence-corrected chi connectivity index (χ1v) is 6.79. The highest BCUT2D eigenvalue weighted by atomic mass is 19.1. The summed E-state index contributed by atoms with van der Waals surface area (Å²) >= 11 is 0. The van der Waals surface area contributed by atoms with E-state index in [1.165, 1.54) is 12.1 Å². The van der Waals surface area contributed by atoms with Crippen LogP contribution in [0.1, 0.15) is 44.6 Å². The monoisotopic (exact) mass is 266 g/mol. The van der Waals surface area contributed by atoms with E-state index >= 15 is 0 Å². The average molecular weight is 266 g/mol. The molecule has 0 radical (unpaired) electrons. The molecule has 1 aromatic heterocycles. The van der Waals surface area contributed by atoms with Gasteiger partial charge in [-0.3, -0.25) is 9.78 Å². The first-order chi connectivity index (χ1) is 8.90. The van der Waals surface area contributed by atoms with Gasteiger partial charge in [-0.2, -0.15) is 0 Å². The van der Waals surface area contributed by atoms with Crippen LogP contribution in [0.15, 0.2) is 18.3 Å². The lowest BCUT2D eigenvalue weighted by molar-refractivity contribution is 0.0945. The second-order valence-corrected chi connectivity index (χ2v) is 5.52. The highest BCUT2D eigenvalue weighted by Gasteiger charge is 2.14. The summed E-state index contributed by atoms with van der Waals surface area (Å²) in [4.78, 5) is 18.1. The van der Waals surface area contributed by atoms with Crippen LogP contribution in [0.4, 0.5) is 4.39 Å². The molecule has 0 spiro atoms. The van der Waals surface area contributed by atoms with Crippen molar-refractivity contribution in [3.63, 3.8) is 0 Å². The van der Waals surface area contributed by atoms with Gasteiger partial charge in [0.05, 0.1) is 6.20 Å². The molecule has 1 rings (SSSR count). The number of pyridine rings is 1. The summed E-state index contributed by atoms with van der Waals surface area (Å²) in [7, 11) is 0. The number of Topliss-reactive ketones (excluding diaryl/α,β-unsaturated/α-hetero) is 1. The van der Waals surface area contributed by atoms with Crippen molar-refractivity contribution in [2.45, 2.75) is 40.2 Å². The molecule has 0 aliphatic rings. The molecule has 0 aromatic carbocycles. The molecule has 1 heterocycles. The molecule has 0 bridgehead atoms. The Kier molecular flexibility index (Phi) is 6.09. The first-order valence-electron chi connectivity index (χ1n) is 6.79. The molecule has 3 nitrogen and oxygen atoms in total. The zero-order valence-corrected chi connectivity index (χ0v) is 12.2. The van der Waals surface area contributed by atoms with Crippen LogP contribution in [0.5, 0.6) is 0 Å². The van der Waals surface area contributed by atoms with Crippen LogP contribution >= 0.6 is 0 Å². The molecule has 0 saturated heterocycles. The van der Waals surface area contributed by atoms with Crippen molar-refractivity contribution in [2.75, 3.05) is 13.1 Å².